The third-order valence-electron chi connectivity index (χ3n) is 2.43. The van der Waals surface area contributed by atoms with Gasteiger partial charge in [0.25, 0.3) is 0 Å². The number of benzene rings is 1. The van der Waals surface area contributed by atoms with E-state index in [4.69, 9.17) is 5.73 Å². The number of nitrogens with two attached hydrogens (primary N) is 1. The second kappa shape index (κ2) is 4.82. The number of hydrogen-bond donors (Lipinski definition) is 1. The molecule has 0 aliphatic heterocycles. The molecule has 0 spiro atoms. The molecule has 1 aromatic rings. The van der Waals surface area contributed by atoms with Crippen LogP contribution in [-0.2, 0) is 16.0 Å². The maximum Gasteiger partial charge on any atom is 0.308 e. The number of ether oxygens (including phenoxy) is 1. The first-order chi connectivity index (χ1) is 7.04. The van der Waals surface area contributed by atoms with Crippen molar-refractivity contribution in [2.75, 3.05) is 12.8 Å². The quantitative estimate of drug-likeness (QED) is 0.608. The van der Waals surface area contributed by atoms with Crippen molar-refractivity contribution in [3.63, 3.8) is 0 Å². The van der Waals surface area contributed by atoms with Crippen LogP contribution in [0.25, 0.3) is 0 Å². The predicted octanol–water partition coefficient (Wildman–Crippen LogP) is 1.93. The average molecular weight is 207 g/mol. The van der Waals surface area contributed by atoms with Crippen molar-refractivity contribution < 1.29 is 9.53 Å². The van der Waals surface area contributed by atoms with E-state index >= 15 is 0 Å². The van der Waals surface area contributed by atoms with E-state index in [0.717, 1.165) is 16.8 Å². The van der Waals surface area contributed by atoms with Gasteiger partial charge in [-0.1, -0.05) is 24.6 Å². The summed E-state index contributed by atoms with van der Waals surface area (Å²) in [5.74, 6) is -0.352. The Morgan fingerprint density at radius 2 is 2.20 bits per heavy atom. The molecule has 1 rings (SSSR count). The maximum atomic E-state index is 11.2. The first-order valence-electron chi connectivity index (χ1n) is 4.97. The monoisotopic (exact) mass is 207 g/mol. The van der Waals surface area contributed by atoms with E-state index in [1.807, 2.05) is 32.0 Å². The van der Waals surface area contributed by atoms with Gasteiger partial charge in [-0.3, -0.25) is 4.79 Å². The lowest BCUT2D eigenvalue weighted by Crippen LogP contribution is -2.15. The maximum absolute atomic E-state index is 11.2. The van der Waals surface area contributed by atoms with Crippen molar-refractivity contribution in [1.29, 1.82) is 0 Å². The second-order valence-electron chi connectivity index (χ2n) is 3.83. The molecular formula is C12H17NO2. The molecule has 0 amide bonds. The van der Waals surface area contributed by atoms with Crippen LogP contribution in [0.2, 0.25) is 0 Å². The zero-order chi connectivity index (χ0) is 11.4. The summed E-state index contributed by atoms with van der Waals surface area (Å²) in [4.78, 5) is 11.2. The summed E-state index contributed by atoms with van der Waals surface area (Å²) >= 11 is 0. The molecule has 0 heterocycles. The minimum absolute atomic E-state index is 0.154. The Labute approximate surface area is 90.2 Å². The zero-order valence-corrected chi connectivity index (χ0v) is 9.41. The van der Waals surface area contributed by atoms with Gasteiger partial charge in [0.2, 0.25) is 0 Å². The third kappa shape index (κ3) is 2.98. The molecule has 0 aliphatic rings. The fourth-order valence-corrected chi connectivity index (χ4v) is 1.53. The molecule has 0 saturated heterocycles. The highest BCUT2D eigenvalue weighted by molar-refractivity contribution is 5.72. The molecule has 82 valence electrons. The van der Waals surface area contributed by atoms with Crippen molar-refractivity contribution in [1.82, 2.24) is 0 Å². The van der Waals surface area contributed by atoms with Gasteiger partial charge in [-0.25, -0.2) is 0 Å². The zero-order valence-electron chi connectivity index (χ0n) is 9.41. The molecule has 3 heteroatoms. The van der Waals surface area contributed by atoms with Crippen LogP contribution in [0.5, 0.6) is 0 Å². The fraction of sp³-hybridized carbons (Fsp3) is 0.417. The number of nitrogen functional groups attached to an aromatic ring is 1. The second-order valence-corrected chi connectivity index (χ2v) is 3.83. The number of methoxy groups -OCH3 is 1. The summed E-state index contributed by atoms with van der Waals surface area (Å²) in [6.07, 6.45) is 0.625. The summed E-state index contributed by atoms with van der Waals surface area (Å²) in [6.45, 7) is 3.85. The van der Waals surface area contributed by atoms with Crippen LogP contribution < -0.4 is 5.73 Å². The molecule has 2 N–H and O–H groups in total. The number of rotatable bonds is 3. The van der Waals surface area contributed by atoms with Gasteiger partial charge >= 0.3 is 5.97 Å². The van der Waals surface area contributed by atoms with E-state index in [0.29, 0.717) is 6.42 Å². The Hall–Kier alpha value is -1.51. The van der Waals surface area contributed by atoms with Gasteiger partial charge in [0.1, 0.15) is 0 Å². The largest absolute Gasteiger partial charge is 0.469 e. The summed E-state index contributed by atoms with van der Waals surface area (Å²) < 4.78 is 4.67. The lowest BCUT2D eigenvalue weighted by molar-refractivity contribution is -0.144. The molecule has 0 aliphatic carbocycles. The van der Waals surface area contributed by atoms with E-state index in [9.17, 15) is 4.79 Å². The van der Waals surface area contributed by atoms with Gasteiger partial charge in [0, 0.05) is 5.69 Å². The van der Waals surface area contributed by atoms with E-state index in [2.05, 4.69) is 4.74 Å². The molecule has 0 aromatic heterocycles. The van der Waals surface area contributed by atoms with Crippen molar-refractivity contribution in [2.24, 2.45) is 5.92 Å². The van der Waals surface area contributed by atoms with Gasteiger partial charge in [-0.2, -0.15) is 0 Å². The number of carbonyl (C=O) groups is 1. The Kier molecular flexibility index (Phi) is 3.72. The van der Waals surface area contributed by atoms with Crippen LogP contribution in [-0.4, -0.2) is 13.1 Å². The molecule has 1 unspecified atom stereocenters. The minimum Gasteiger partial charge on any atom is -0.469 e. The SMILES string of the molecule is COC(=O)C(C)Cc1cc(C)ccc1N. The molecule has 0 fully saturated rings. The Morgan fingerprint density at radius 3 is 2.80 bits per heavy atom. The van der Waals surface area contributed by atoms with Gasteiger partial charge in [0.15, 0.2) is 0 Å². The Morgan fingerprint density at radius 1 is 1.53 bits per heavy atom. The highest BCUT2D eigenvalue weighted by atomic mass is 16.5. The number of aryl methyl sites for hydroxylation is 1. The third-order valence-corrected chi connectivity index (χ3v) is 2.43. The number of hydrogen-bond acceptors (Lipinski definition) is 3. The molecular weight excluding hydrogens is 190 g/mol. The molecule has 1 atom stereocenters. The van der Waals surface area contributed by atoms with Crippen molar-refractivity contribution in [3.8, 4) is 0 Å². The predicted molar refractivity (Wildman–Crippen MR) is 60.5 cm³/mol. The molecule has 3 nitrogen and oxygen atoms in total. The molecule has 15 heavy (non-hydrogen) atoms. The van der Waals surface area contributed by atoms with E-state index < -0.39 is 0 Å². The standard InChI is InChI=1S/C12H17NO2/c1-8-4-5-11(13)10(6-8)7-9(2)12(14)15-3/h4-6,9H,7,13H2,1-3H3. The molecule has 1 aromatic carbocycles. The summed E-state index contributed by atoms with van der Waals surface area (Å²) in [6, 6.07) is 5.84. The van der Waals surface area contributed by atoms with Crippen LogP contribution in [0.3, 0.4) is 0 Å². The van der Waals surface area contributed by atoms with Gasteiger partial charge in [-0.15, -0.1) is 0 Å². The van der Waals surface area contributed by atoms with Crippen molar-refractivity contribution in [2.45, 2.75) is 20.3 Å². The van der Waals surface area contributed by atoms with Gasteiger partial charge < -0.3 is 10.5 Å². The first-order valence-corrected chi connectivity index (χ1v) is 4.97. The van der Waals surface area contributed by atoms with E-state index in [1.165, 1.54) is 7.11 Å². The summed E-state index contributed by atoms with van der Waals surface area (Å²) in [7, 11) is 1.40. The average Bonchev–Trinajstić information content (AvgIpc) is 2.22. The van der Waals surface area contributed by atoms with Crippen LogP contribution in [0.1, 0.15) is 18.1 Å². The van der Waals surface area contributed by atoms with Crippen LogP contribution in [0.15, 0.2) is 18.2 Å². The van der Waals surface area contributed by atoms with Crippen LogP contribution in [0, 0.1) is 12.8 Å². The number of carbonyl (C=O) groups excluding carboxylic acids is 1. The lowest BCUT2D eigenvalue weighted by Gasteiger charge is -2.11. The minimum atomic E-state index is -0.198. The van der Waals surface area contributed by atoms with Crippen LogP contribution in [0.4, 0.5) is 5.69 Å². The van der Waals surface area contributed by atoms with Crippen molar-refractivity contribution in [3.05, 3.63) is 29.3 Å². The van der Waals surface area contributed by atoms with E-state index in [1.54, 1.807) is 0 Å². The lowest BCUT2D eigenvalue weighted by atomic mass is 9.98. The van der Waals surface area contributed by atoms with E-state index in [-0.39, 0.29) is 11.9 Å². The van der Waals surface area contributed by atoms with Gasteiger partial charge in [0.05, 0.1) is 13.0 Å². The fourth-order valence-electron chi connectivity index (χ4n) is 1.53. The summed E-state index contributed by atoms with van der Waals surface area (Å²) in [5.41, 5.74) is 8.72. The molecule has 0 saturated carbocycles. The van der Waals surface area contributed by atoms with Crippen molar-refractivity contribution >= 4 is 11.7 Å². The normalized spacial score (nSPS) is 12.2. The molecule has 0 bridgehead atoms. The Balaban J connectivity index is 2.80. The highest BCUT2D eigenvalue weighted by Gasteiger charge is 2.14. The number of esters is 1. The van der Waals surface area contributed by atoms with Crippen LogP contribution >= 0.6 is 0 Å². The van der Waals surface area contributed by atoms with Gasteiger partial charge in [-0.05, 0) is 25.0 Å². The number of anilines is 1. The molecule has 0 radical (unpaired) electrons. The smallest absolute Gasteiger partial charge is 0.308 e. The first kappa shape index (κ1) is 11.6. The Bertz CT molecular complexity index is 361. The summed E-state index contributed by atoms with van der Waals surface area (Å²) in [5, 5.41) is 0. The topological polar surface area (TPSA) is 52.3 Å². The highest BCUT2D eigenvalue weighted by Crippen LogP contribution is 2.18.